The molecule has 1 unspecified atom stereocenters. The third-order valence-corrected chi connectivity index (χ3v) is 1.89. The molecule has 84 valence electrons. The molecule has 4 nitrogen and oxygen atoms in total. The fourth-order valence-corrected chi connectivity index (χ4v) is 1.15. The maximum Gasteiger partial charge on any atom is 0.347 e. The lowest BCUT2D eigenvalue weighted by Gasteiger charge is -2.13. The molecular weight excluding hydrogens is 206 g/mol. The van der Waals surface area contributed by atoms with Gasteiger partial charge in [0.05, 0.1) is 18.2 Å². The normalized spacial score (nSPS) is 11.3. The Bertz CT molecular complexity index is 409. The monoisotopic (exact) mass is 219 g/mol. The minimum Gasteiger partial charge on any atom is -0.479 e. The van der Waals surface area contributed by atoms with Crippen LogP contribution in [-0.2, 0) is 9.53 Å². The molecule has 0 bridgehead atoms. The van der Waals surface area contributed by atoms with Crippen molar-refractivity contribution in [3.63, 3.8) is 0 Å². The van der Waals surface area contributed by atoms with Gasteiger partial charge >= 0.3 is 5.97 Å². The Morgan fingerprint density at radius 3 is 2.94 bits per heavy atom. The van der Waals surface area contributed by atoms with E-state index >= 15 is 0 Å². The Morgan fingerprint density at radius 1 is 1.56 bits per heavy atom. The zero-order valence-corrected chi connectivity index (χ0v) is 9.27. The number of hydrogen-bond donors (Lipinski definition) is 0. The summed E-state index contributed by atoms with van der Waals surface area (Å²) in [5.41, 5.74) is 0.494. The zero-order valence-electron chi connectivity index (χ0n) is 9.27. The van der Waals surface area contributed by atoms with Crippen LogP contribution in [0, 0.1) is 11.3 Å². The summed E-state index contributed by atoms with van der Waals surface area (Å²) in [4.78, 5) is 11.3. The minimum atomic E-state index is -0.672. The number of carbonyl (C=O) groups is 1. The molecule has 0 radical (unpaired) electrons. The van der Waals surface area contributed by atoms with E-state index in [1.54, 1.807) is 38.1 Å². The second-order valence-electron chi connectivity index (χ2n) is 3.15. The first kappa shape index (κ1) is 12.1. The van der Waals surface area contributed by atoms with Crippen LogP contribution >= 0.6 is 0 Å². The molecule has 0 spiro atoms. The summed E-state index contributed by atoms with van der Waals surface area (Å²) in [6, 6.07) is 8.64. The molecule has 0 amide bonds. The molecule has 0 saturated heterocycles. The van der Waals surface area contributed by atoms with Gasteiger partial charge in [0, 0.05) is 0 Å². The van der Waals surface area contributed by atoms with Gasteiger partial charge in [0.15, 0.2) is 6.10 Å². The minimum absolute atomic E-state index is 0.324. The van der Waals surface area contributed by atoms with Gasteiger partial charge in [-0.05, 0) is 32.0 Å². The Morgan fingerprint density at radius 2 is 2.31 bits per heavy atom. The van der Waals surface area contributed by atoms with Crippen LogP contribution in [0.25, 0.3) is 0 Å². The van der Waals surface area contributed by atoms with Gasteiger partial charge in [0.25, 0.3) is 0 Å². The molecule has 1 aromatic rings. The standard InChI is InChI=1S/C12H13NO3/c1-3-15-12(14)9(2)16-11-6-4-5-10(7-11)8-13/h4-7,9H,3H2,1-2H3. The predicted octanol–water partition coefficient (Wildman–Crippen LogP) is 1.89. The number of benzene rings is 1. The number of rotatable bonds is 4. The van der Waals surface area contributed by atoms with Crippen LogP contribution in [0.3, 0.4) is 0 Å². The van der Waals surface area contributed by atoms with Crippen LogP contribution in [0.1, 0.15) is 19.4 Å². The molecule has 1 atom stereocenters. The lowest BCUT2D eigenvalue weighted by Crippen LogP contribution is -2.26. The van der Waals surface area contributed by atoms with Crippen LogP contribution in [0.2, 0.25) is 0 Å². The molecule has 4 heteroatoms. The maximum absolute atomic E-state index is 11.3. The SMILES string of the molecule is CCOC(=O)C(C)Oc1cccc(C#N)c1. The molecular formula is C12H13NO3. The summed E-state index contributed by atoms with van der Waals surface area (Å²) in [5.74, 6) is 0.0736. The van der Waals surface area contributed by atoms with Crippen molar-refractivity contribution in [1.29, 1.82) is 5.26 Å². The van der Waals surface area contributed by atoms with Gasteiger partial charge < -0.3 is 9.47 Å². The number of carbonyl (C=O) groups excluding carboxylic acids is 1. The summed E-state index contributed by atoms with van der Waals surface area (Å²) in [6.07, 6.45) is -0.672. The fourth-order valence-electron chi connectivity index (χ4n) is 1.15. The average Bonchev–Trinajstić information content (AvgIpc) is 2.29. The van der Waals surface area contributed by atoms with E-state index in [1.807, 2.05) is 6.07 Å². The van der Waals surface area contributed by atoms with Crippen molar-refractivity contribution in [3.05, 3.63) is 29.8 Å². The highest BCUT2D eigenvalue weighted by molar-refractivity contribution is 5.74. The highest BCUT2D eigenvalue weighted by Crippen LogP contribution is 2.14. The van der Waals surface area contributed by atoms with Crippen molar-refractivity contribution in [2.75, 3.05) is 6.61 Å². The first-order chi connectivity index (χ1) is 7.67. The van der Waals surface area contributed by atoms with Crippen LogP contribution in [0.4, 0.5) is 0 Å². The van der Waals surface area contributed by atoms with E-state index in [-0.39, 0.29) is 0 Å². The van der Waals surface area contributed by atoms with E-state index in [0.717, 1.165) is 0 Å². The predicted molar refractivity (Wildman–Crippen MR) is 57.9 cm³/mol. The quantitative estimate of drug-likeness (QED) is 0.725. The van der Waals surface area contributed by atoms with Gasteiger partial charge in [-0.25, -0.2) is 4.79 Å². The second kappa shape index (κ2) is 5.76. The van der Waals surface area contributed by atoms with Gasteiger partial charge in [-0.2, -0.15) is 5.26 Å². The smallest absolute Gasteiger partial charge is 0.347 e. The third-order valence-electron chi connectivity index (χ3n) is 1.89. The van der Waals surface area contributed by atoms with Crippen molar-refractivity contribution in [2.24, 2.45) is 0 Å². The molecule has 0 aromatic heterocycles. The Labute approximate surface area is 94.4 Å². The summed E-state index contributed by atoms with van der Waals surface area (Å²) in [6.45, 7) is 3.67. The first-order valence-corrected chi connectivity index (χ1v) is 5.00. The van der Waals surface area contributed by atoms with Gasteiger partial charge in [0.2, 0.25) is 0 Å². The van der Waals surface area contributed by atoms with Crippen LogP contribution in [0.15, 0.2) is 24.3 Å². The zero-order chi connectivity index (χ0) is 12.0. The van der Waals surface area contributed by atoms with Crippen molar-refractivity contribution >= 4 is 5.97 Å². The molecule has 1 aromatic carbocycles. The molecule has 0 saturated carbocycles. The van der Waals surface area contributed by atoms with Crippen LogP contribution < -0.4 is 4.74 Å². The van der Waals surface area contributed by atoms with Crippen molar-refractivity contribution < 1.29 is 14.3 Å². The van der Waals surface area contributed by atoms with Crippen molar-refractivity contribution in [2.45, 2.75) is 20.0 Å². The molecule has 0 aliphatic heterocycles. The van der Waals surface area contributed by atoms with E-state index in [1.165, 1.54) is 0 Å². The van der Waals surface area contributed by atoms with Crippen LogP contribution in [0.5, 0.6) is 5.75 Å². The van der Waals surface area contributed by atoms with Gasteiger partial charge in [-0.3, -0.25) is 0 Å². The van der Waals surface area contributed by atoms with Crippen molar-refractivity contribution in [1.82, 2.24) is 0 Å². The van der Waals surface area contributed by atoms with Gasteiger partial charge in [0.1, 0.15) is 5.75 Å². The average molecular weight is 219 g/mol. The lowest BCUT2D eigenvalue weighted by molar-refractivity contribution is -0.150. The second-order valence-corrected chi connectivity index (χ2v) is 3.15. The molecule has 16 heavy (non-hydrogen) atoms. The molecule has 0 aliphatic carbocycles. The molecule has 1 rings (SSSR count). The number of ether oxygens (including phenoxy) is 2. The summed E-state index contributed by atoms with van der Waals surface area (Å²) >= 11 is 0. The third kappa shape index (κ3) is 3.28. The van der Waals surface area contributed by atoms with E-state index < -0.39 is 12.1 Å². The number of nitrogens with zero attached hydrogens (tertiary/aromatic N) is 1. The number of nitriles is 1. The first-order valence-electron chi connectivity index (χ1n) is 5.00. The van der Waals surface area contributed by atoms with E-state index in [4.69, 9.17) is 14.7 Å². The van der Waals surface area contributed by atoms with E-state index in [2.05, 4.69) is 0 Å². The molecule has 0 fully saturated rings. The summed E-state index contributed by atoms with van der Waals surface area (Å²) < 4.78 is 10.1. The highest BCUT2D eigenvalue weighted by atomic mass is 16.6. The van der Waals surface area contributed by atoms with Crippen LogP contribution in [-0.4, -0.2) is 18.7 Å². The molecule has 0 aliphatic rings. The lowest BCUT2D eigenvalue weighted by atomic mass is 10.2. The molecule has 0 heterocycles. The summed E-state index contributed by atoms with van der Waals surface area (Å²) in [5, 5.41) is 8.69. The Balaban J connectivity index is 2.66. The summed E-state index contributed by atoms with van der Waals surface area (Å²) in [7, 11) is 0. The fraction of sp³-hybridized carbons (Fsp3) is 0.333. The molecule has 0 N–H and O–H groups in total. The van der Waals surface area contributed by atoms with E-state index in [0.29, 0.717) is 17.9 Å². The van der Waals surface area contributed by atoms with Gasteiger partial charge in [-0.1, -0.05) is 6.07 Å². The highest BCUT2D eigenvalue weighted by Gasteiger charge is 2.15. The Kier molecular flexibility index (Phi) is 4.34. The number of hydrogen-bond acceptors (Lipinski definition) is 4. The maximum atomic E-state index is 11.3. The van der Waals surface area contributed by atoms with Crippen molar-refractivity contribution in [3.8, 4) is 11.8 Å². The largest absolute Gasteiger partial charge is 0.479 e. The number of esters is 1. The van der Waals surface area contributed by atoms with E-state index in [9.17, 15) is 4.79 Å². The van der Waals surface area contributed by atoms with Gasteiger partial charge in [-0.15, -0.1) is 0 Å². The Hall–Kier alpha value is -2.02. The topological polar surface area (TPSA) is 59.3 Å².